The van der Waals surface area contributed by atoms with Crippen molar-refractivity contribution in [1.82, 2.24) is 10.2 Å². The third kappa shape index (κ3) is 7.74. The smallest absolute Gasteiger partial charge is 0.264 e. The third-order valence-electron chi connectivity index (χ3n) is 6.40. The number of amides is 2. The van der Waals surface area contributed by atoms with Crippen molar-refractivity contribution in [3.63, 3.8) is 0 Å². The first-order valence-corrected chi connectivity index (χ1v) is 14.4. The number of methoxy groups -OCH3 is 1. The largest absolute Gasteiger partial charge is 0.497 e. The van der Waals surface area contributed by atoms with E-state index in [4.69, 9.17) is 16.3 Å². The van der Waals surface area contributed by atoms with Crippen molar-refractivity contribution in [2.45, 2.75) is 50.7 Å². The lowest BCUT2D eigenvalue weighted by Gasteiger charge is -2.32. The van der Waals surface area contributed by atoms with E-state index in [0.717, 1.165) is 16.3 Å². The van der Waals surface area contributed by atoms with Crippen molar-refractivity contribution in [2.75, 3.05) is 18.0 Å². The highest BCUT2D eigenvalue weighted by Gasteiger charge is 2.32. The average molecular weight is 572 g/mol. The number of hydrogen-bond acceptors (Lipinski definition) is 5. The van der Waals surface area contributed by atoms with Gasteiger partial charge in [0.25, 0.3) is 10.0 Å². The summed E-state index contributed by atoms with van der Waals surface area (Å²) < 4.78 is 33.8. The van der Waals surface area contributed by atoms with Crippen molar-refractivity contribution < 1.29 is 22.7 Å². The molecule has 0 radical (unpaired) electrons. The summed E-state index contributed by atoms with van der Waals surface area (Å²) in [5.74, 6) is -0.317. The molecule has 2 unspecified atom stereocenters. The van der Waals surface area contributed by atoms with E-state index in [-0.39, 0.29) is 29.1 Å². The van der Waals surface area contributed by atoms with Crippen LogP contribution in [0.25, 0.3) is 0 Å². The van der Waals surface area contributed by atoms with Crippen LogP contribution in [-0.2, 0) is 26.2 Å². The first-order valence-electron chi connectivity index (χ1n) is 12.6. The average Bonchev–Trinajstić information content (AvgIpc) is 2.95. The SMILES string of the molecule is CCC(C)NC(=O)C(C)N(Cc1ccc(Cl)cc1)C(=O)CN(c1ccc(OC)cc1)S(=O)(=O)c1ccccc1. The van der Waals surface area contributed by atoms with E-state index in [1.807, 2.05) is 13.8 Å². The van der Waals surface area contributed by atoms with Gasteiger partial charge < -0.3 is 15.0 Å². The second-order valence-electron chi connectivity index (χ2n) is 9.16. The molecule has 208 valence electrons. The number of benzene rings is 3. The molecule has 10 heteroatoms. The van der Waals surface area contributed by atoms with E-state index in [2.05, 4.69) is 5.32 Å². The van der Waals surface area contributed by atoms with Gasteiger partial charge in [-0.05, 0) is 74.4 Å². The molecule has 0 bridgehead atoms. The molecule has 3 rings (SSSR count). The van der Waals surface area contributed by atoms with Gasteiger partial charge in [-0.1, -0.05) is 48.9 Å². The molecule has 8 nitrogen and oxygen atoms in total. The molecule has 1 N–H and O–H groups in total. The van der Waals surface area contributed by atoms with Gasteiger partial charge in [0.05, 0.1) is 17.7 Å². The van der Waals surface area contributed by atoms with Crippen molar-refractivity contribution in [1.29, 1.82) is 0 Å². The Morgan fingerprint density at radius 3 is 2.13 bits per heavy atom. The minimum absolute atomic E-state index is 0.0421. The van der Waals surface area contributed by atoms with Gasteiger partial charge in [0, 0.05) is 17.6 Å². The van der Waals surface area contributed by atoms with E-state index >= 15 is 0 Å². The highest BCUT2D eigenvalue weighted by molar-refractivity contribution is 7.92. The fourth-order valence-electron chi connectivity index (χ4n) is 3.83. The van der Waals surface area contributed by atoms with Crippen LogP contribution in [0.4, 0.5) is 5.69 Å². The number of hydrogen-bond donors (Lipinski definition) is 1. The van der Waals surface area contributed by atoms with Crippen LogP contribution < -0.4 is 14.4 Å². The van der Waals surface area contributed by atoms with Gasteiger partial charge in [-0.15, -0.1) is 0 Å². The second-order valence-corrected chi connectivity index (χ2v) is 11.5. The molecular weight excluding hydrogens is 538 g/mol. The van der Waals surface area contributed by atoms with Crippen LogP contribution in [0.15, 0.2) is 83.8 Å². The Hall–Kier alpha value is -3.56. The van der Waals surface area contributed by atoms with Crippen LogP contribution in [0.5, 0.6) is 5.75 Å². The second kappa shape index (κ2) is 13.5. The normalized spacial score (nSPS) is 12.7. The van der Waals surface area contributed by atoms with Gasteiger partial charge in [-0.3, -0.25) is 13.9 Å². The van der Waals surface area contributed by atoms with Crippen LogP contribution in [-0.4, -0.2) is 50.9 Å². The fourth-order valence-corrected chi connectivity index (χ4v) is 5.39. The lowest BCUT2D eigenvalue weighted by Crippen LogP contribution is -2.52. The minimum atomic E-state index is -4.12. The molecule has 0 fully saturated rings. The zero-order valence-corrected chi connectivity index (χ0v) is 24.1. The van der Waals surface area contributed by atoms with Gasteiger partial charge in [0.15, 0.2) is 0 Å². The number of halogens is 1. The number of anilines is 1. The third-order valence-corrected chi connectivity index (χ3v) is 8.45. The summed E-state index contributed by atoms with van der Waals surface area (Å²) in [5, 5.41) is 3.45. The quantitative estimate of drug-likeness (QED) is 0.334. The summed E-state index contributed by atoms with van der Waals surface area (Å²) in [7, 11) is -2.61. The monoisotopic (exact) mass is 571 g/mol. The standard InChI is InChI=1S/C29H34ClN3O5S/c1-5-21(2)31-29(35)22(3)32(19-23-11-13-24(30)14-12-23)28(34)20-33(25-15-17-26(38-4)18-16-25)39(36,37)27-9-7-6-8-10-27/h6-18,21-22H,5,19-20H2,1-4H3,(H,31,35). The van der Waals surface area contributed by atoms with Gasteiger partial charge in [0.1, 0.15) is 18.3 Å². The van der Waals surface area contributed by atoms with E-state index in [9.17, 15) is 18.0 Å². The number of sulfonamides is 1. The number of carbonyl (C=O) groups is 2. The van der Waals surface area contributed by atoms with Crippen molar-refractivity contribution in [3.05, 3.63) is 89.4 Å². The molecule has 2 atom stereocenters. The predicted octanol–water partition coefficient (Wildman–Crippen LogP) is 4.88. The summed E-state index contributed by atoms with van der Waals surface area (Å²) in [6.07, 6.45) is 0.726. The summed E-state index contributed by atoms with van der Waals surface area (Å²) >= 11 is 6.04. The summed E-state index contributed by atoms with van der Waals surface area (Å²) in [6.45, 7) is 5.04. The van der Waals surface area contributed by atoms with Crippen molar-refractivity contribution in [3.8, 4) is 5.75 Å². The van der Waals surface area contributed by atoms with Crippen LogP contribution >= 0.6 is 11.6 Å². The molecule has 3 aromatic carbocycles. The predicted molar refractivity (Wildman–Crippen MR) is 153 cm³/mol. The number of nitrogens with zero attached hydrogens (tertiary/aromatic N) is 2. The minimum Gasteiger partial charge on any atom is -0.497 e. The van der Waals surface area contributed by atoms with Crippen molar-refractivity contribution in [2.24, 2.45) is 0 Å². The number of carbonyl (C=O) groups excluding carboxylic acids is 2. The summed E-state index contributed by atoms with van der Waals surface area (Å²) in [5.41, 5.74) is 1.04. The molecule has 0 aliphatic heterocycles. The lowest BCUT2D eigenvalue weighted by molar-refractivity contribution is -0.139. The Morgan fingerprint density at radius 1 is 0.949 bits per heavy atom. The van der Waals surface area contributed by atoms with Gasteiger partial charge >= 0.3 is 0 Å². The van der Waals surface area contributed by atoms with Crippen LogP contribution in [0.3, 0.4) is 0 Å². The van der Waals surface area contributed by atoms with E-state index in [1.54, 1.807) is 73.7 Å². The van der Waals surface area contributed by atoms with Crippen LogP contribution in [0, 0.1) is 0 Å². The molecule has 0 aromatic heterocycles. The highest BCUT2D eigenvalue weighted by atomic mass is 35.5. The van der Waals surface area contributed by atoms with E-state index in [0.29, 0.717) is 10.8 Å². The van der Waals surface area contributed by atoms with Gasteiger partial charge in [0.2, 0.25) is 11.8 Å². The molecule has 0 spiro atoms. The maximum Gasteiger partial charge on any atom is 0.264 e. The number of ether oxygens (including phenoxy) is 1. The Bertz CT molecular complexity index is 1350. The lowest BCUT2D eigenvalue weighted by atomic mass is 10.1. The first kappa shape index (κ1) is 30.0. The van der Waals surface area contributed by atoms with E-state index in [1.165, 1.54) is 24.1 Å². The molecule has 0 heterocycles. The Balaban J connectivity index is 2.01. The van der Waals surface area contributed by atoms with Crippen molar-refractivity contribution >= 4 is 39.1 Å². The van der Waals surface area contributed by atoms with Gasteiger partial charge in [-0.2, -0.15) is 0 Å². The maximum atomic E-state index is 13.9. The Kier molecular flexibility index (Phi) is 10.4. The maximum absolute atomic E-state index is 13.9. The molecule has 2 amide bonds. The summed E-state index contributed by atoms with van der Waals surface area (Å²) in [4.78, 5) is 28.4. The van der Waals surface area contributed by atoms with Gasteiger partial charge in [-0.25, -0.2) is 8.42 Å². The zero-order valence-electron chi connectivity index (χ0n) is 22.5. The molecule has 0 saturated carbocycles. The highest BCUT2D eigenvalue weighted by Crippen LogP contribution is 2.26. The van der Waals surface area contributed by atoms with E-state index < -0.39 is 28.5 Å². The molecule has 0 aliphatic rings. The Morgan fingerprint density at radius 2 is 1.56 bits per heavy atom. The van der Waals surface area contributed by atoms with Crippen LogP contribution in [0.2, 0.25) is 5.02 Å². The number of nitrogens with one attached hydrogen (secondary N) is 1. The van der Waals surface area contributed by atoms with Crippen LogP contribution in [0.1, 0.15) is 32.8 Å². The molecular formula is C29H34ClN3O5S. The fraction of sp³-hybridized carbons (Fsp3) is 0.310. The zero-order chi connectivity index (χ0) is 28.6. The first-order chi connectivity index (χ1) is 18.6. The topological polar surface area (TPSA) is 96.0 Å². The molecule has 3 aromatic rings. The molecule has 0 saturated heterocycles. The molecule has 39 heavy (non-hydrogen) atoms. The Labute approximate surface area is 235 Å². The summed E-state index contributed by atoms with van der Waals surface area (Å²) in [6, 6.07) is 20.3. The molecule has 0 aliphatic carbocycles. The number of rotatable bonds is 12.